The lowest BCUT2D eigenvalue weighted by atomic mass is 10.1. The molecule has 1 unspecified atom stereocenters. The average Bonchev–Trinajstić information content (AvgIpc) is 1.95. The smallest absolute Gasteiger partial charge is 0.0401 e. The molecule has 1 N–H and O–H groups in total. The van der Waals surface area contributed by atoms with Crippen molar-refractivity contribution < 1.29 is 0 Å². The molecule has 54 valence electrons. The Morgan fingerprint density at radius 2 is 2.00 bits per heavy atom. The van der Waals surface area contributed by atoms with E-state index in [-0.39, 0.29) is 0 Å². The van der Waals surface area contributed by atoms with Gasteiger partial charge in [-0.15, -0.1) is 0 Å². The van der Waals surface area contributed by atoms with Crippen LogP contribution < -0.4 is 5.09 Å². The second-order valence-corrected chi connectivity index (χ2v) is 2.68. The number of rotatable bonds is 1. The molecule has 1 nitrogen and oxygen atoms in total. The number of benzene rings is 1. The molecule has 0 aliphatic rings. The lowest BCUT2D eigenvalue weighted by Gasteiger charge is -2.05. The summed E-state index contributed by atoms with van der Waals surface area (Å²) in [5, 5.41) is 3.05. The standard InChI is InChI=1S/C8H12NP/c1-6-4-3-5-8(9-10)7(6)2/h3-5,9H,10H2,1-2H3. The first kappa shape index (κ1) is 7.56. The fraction of sp³-hybridized carbons (Fsp3) is 0.250. The molecule has 0 aliphatic carbocycles. The first-order valence-corrected chi connectivity index (χ1v) is 3.86. The first-order chi connectivity index (χ1) is 4.75. The predicted octanol–water partition coefficient (Wildman–Crippen LogP) is 2.51. The second-order valence-electron chi connectivity index (χ2n) is 2.39. The Hall–Kier alpha value is -0.550. The van der Waals surface area contributed by atoms with Crippen LogP contribution in [-0.2, 0) is 0 Å². The van der Waals surface area contributed by atoms with Crippen molar-refractivity contribution in [3.63, 3.8) is 0 Å². The minimum absolute atomic E-state index is 1.19. The third-order valence-electron chi connectivity index (χ3n) is 1.76. The van der Waals surface area contributed by atoms with Crippen molar-refractivity contribution >= 4 is 15.1 Å². The number of hydrogen-bond donors (Lipinski definition) is 1. The van der Waals surface area contributed by atoms with Gasteiger partial charge in [-0.05, 0) is 40.4 Å². The molecule has 10 heavy (non-hydrogen) atoms. The molecule has 0 heterocycles. The summed E-state index contributed by atoms with van der Waals surface area (Å²) in [5.74, 6) is 0. The summed E-state index contributed by atoms with van der Waals surface area (Å²) < 4.78 is 0. The highest BCUT2D eigenvalue weighted by Gasteiger charge is 1.95. The third kappa shape index (κ3) is 1.30. The van der Waals surface area contributed by atoms with Crippen molar-refractivity contribution in [3.8, 4) is 0 Å². The molecule has 0 fully saturated rings. The maximum Gasteiger partial charge on any atom is 0.0401 e. The van der Waals surface area contributed by atoms with Gasteiger partial charge in [0.05, 0.1) is 0 Å². The molecule has 2 heteroatoms. The summed E-state index contributed by atoms with van der Waals surface area (Å²) in [6.45, 7) is 4.22. The van der Waals surface area contributed by atoms with Gasteiger partial charge in [0.1, 0.15) is 0 Å². The van der Waals surface area contributed by atoms with Crippen LogP contribution in [0, 0.1) is 13.8 Å². The summed E-state index contributed by atoms with van der Waals surface area (Å²) >= 11 is 0. The summed E-state index contributed by atoms with van der Waals surface area (Å²) in [4.78, 5) is 0. The van der Waals surface area contributed by atoms with Crippen molar-refractivity contribution in [2.75, 3.05) is 5.09 Å². The van der Waals surface area contributed by atoms with E-state index in [4.69, 9.17) is 0 Å². The van der Waals surface area contributed by atoms with Gasteiger partial charge in [0.2, 0.25) is 0 Å². The van der Waals surface area contributed by atoms with Gasteiger partial charge in [-0.3, -0.25) is 0 Å². The van der Waals surface area contributed by atoms with Crippen LogP contribution in [-0.4, -0.2) is 0 Å². The van der Waals surface area contributed by atoms with Crippen LogP contribution in [0.5, 0.6) is 0 Å². The monoisotopic (exact) mass is 153 g/mol. The summed E-state index contributed by atoms with van der Waals surface area (Å²) in [5.41, 5.74) is 3.83. The zero-order valence-electron chi connectivity index (χ0n) is 6.31. The van der Waals surface area contributed by atoms with Gasteiger partial charge in [0.25, 0.3) is 0 Å². The zero-order valence-corrected chi connectivity index (χ0v) is 7.46. The normalized spacial score (nSPS) is 9.50. The maximum atomic E-state index is 3.05. The molecule has 0 bridgehead atoms. The highest BCUT2D eigenvalue weighted by Crippen LogP contribution is 2.18. The van der Waals surface area contributed by atoms with Crippen molar-refractivity contribution in [2.24, 2.45) is 0 Å². The molecular formula is C8H12NP. The van der Waals surface area contributed by atoms with E-state index in [0.717, 1.165) is 0 Å². The topological polar surface area (TPSA) is 12.0 Å². The van der Waals surface area contributed by atoms with Crippen LogP contribution in [0.2, 0.25) is 0 Å². The molecule has 0 aromatic heterocycles. The van der Waals surface area contributed by atoms with Crippen LogP contribution >= 0.6 is 9.39 Å². The van der Waals surface area contributed by atoms with Crippen LogP contribution in [0.15, 0.2) is 18.2 Å². The Labute approximate surface area is 64.1 Å². The fourth-order valence-corrected chi connectivity index (χ4v) is 1.22. The van der Waals surface area contributed by atoms with E-state index < -0.39 is 0 Å². The number of anilines is 1. The van der Waals surface area contributed by atoms with Crippen LogP contribution in [0.25, 0.3) is 0 Å². The minimum Gasteiger partial charge on any atom is -0.369 e. The van der Waals surface area contributed by atoms with Gasteiger partial charge >= 0.3 is 0 Å². The van der Waals surface area contributed by atoms with Crippen LogP contribution in [0.1, 0.15) is 11.1 Å². The van der Waals surface area contributed by atoms with E-state index >= 15 is 0 Å². The van der Waals surface area contributed by atoms with Gasteiger partial charge in [-0.25, -0.2) is 0 Å². The molecule has 0 saturated heterocycles. The van der Waals surface area contributed by atoms with E-state index in [1.165, 1.54) is 16.8 Å². The van der Waals surface area contributed by atoms with E-state index in [0.29, 0.717) is 0 Å². The summed E-state index contributed by atoms with van der Waals surface area (Å²) in [6, 6.07) is 6.23. The van der Waals surface area contributed by atoms with Crippen molar-refractivity contribution in [3.05, 3.63) is 29.3 Å². The van der Waals surface area contributed by atoms with Crippen LogP contribution in [0.4, 0.5) is 5.69 Å². The average molecular weight is 153 g/mol. The van der Waals surface area contributed by atoms with E-state index in [2.05, 4.69) is 46.5 Å². The first-order valence-electron chi connectivity index (χ1n) is 3.28. The van der Waals surface area contributed by atoms with Gasteiger partial charge < -0.3 is 5.09 Å². The SMILES string of the molecule is Cc1cccc(NP)c1C. The van der Waals surface area contributed by atoms with Gasteiger partial charge in [-0.2, -0.15) is 0 Å². The van der Waals surface area contributed by atoms with Crippen molar-refractivity contribution in [1.82, 2.24) is 0 Å². The quantitative estimate of drug-likeness (QED) is 0.611. The van der Waals surface area contributed by atoms with E-state index in [1.54, 1.807) is 0 Å². The Balaban J connectivity index is 3.14. The van der Waals surface area contributed by atoms with Gasteiger partial charge in [0, 0.05) is 5.69 Å². The fourth-order valence-electron chi connectivity index (χ4n) is 0.907. The highest BCUT2D eigenvalue weighted by molar-refractivity contribution is 7.18. The molecule has 1 atom stereocenters. The van der Waals surface area contributed by atoms with Gasteiger partial charge in [-0.1, -0.05) is 12.1 Å². The molecule has 1 rings (SSSR count). The number of aryl methyl sites for hydroxylation is 1. The van der Waals surface area contributed by atoms with E-state index in [1.807, 2.05) is 0 Å². The molecule has 0 amide bonds. The molecule has 0 radical (unpaired) electrons. The Bertz CT molecular complexity index is 233. The molecular weight excluding hydrogens is 141 g/mol. The zero-order chi connectivity index (χ0) is 7.56. The molecule has 0 saturated carbocycles. The predicted molar refractivity (Wildman–Crippen MR) is 49.2 cm³/mol. The second kappa shape index (κ2) is 3.03. The molecule has 1 aromatic rings. The number of nitrogens with one attached hydrogen (secondary N) is 1. The minimum atomic E-state index is 1.19. The molecule has 1 aromatic carbocycles. The van der Waals surface area contributed by atoms with E-state index in [9.17, 15) is 0 Å². The largest absolute Gasteiger partial charge is 0.369 e. The van der Waals surface area contributed by atoms with Crippen LogP contribution in [0.3, 0.4) is 0 Å². The summed E-state index contributed by atoms with van der Waals surface area (Å²) in [7, 11) is 2.50. The molecule has 0 aliphatic heterocycles. The molecule has 0 spiro atoms. The van der Waals surface area contributed by atoms with Gasteiger partial charge in [0.15, 0.2) is 0 Å². The van der Waals surface area contributed by atoms with Crippen molar-refractivity contribution in [2.45, 2.75) is 13.8 Å². The highest BCUT2D eigenvalue weighted by atomic mass is 31.0. The lowest BCUT2D eigenvalue weighted by Crippen LogP contribution is -1.86. The third-order valence-corrected chi connectivity index (χ3v) is 2.07. The maximum absolute atomic E-state index is 3.05. The number of hydrogen-bond acceptors (Lipinski definition) is 1. The van der Waals surface area contributed by atoms with Crippen molar-refractivity contribution in [1.29, 1.82) is 0 Å². The summed E-state index contributed by atoms with van der Waals surface area (Å²) in [6.07, 6.45) is 0. The Kier molecular flexibility index (Phi) is 2.29. The Morgan fingerprint density at radius 1 is 1.30 bits per heavy atom. The lowest BCUT2D eigenvalue weighted by molar-refractivity contribution is 1.35. The Morgan fingerprint density at radius 3 is 2.50 bits per heavy atom.